The van der Waals surface area contributed by atoms with Gasteiger partial charge in [0.25, 0.3) is 5.91 Å². The van der Waals surface area contributed by atoms with Gasteiger partial charge < -0.3 is 30.3 Å². The minimum atomic E-state index is -3.92. The molecule has 0 bridgehead atoms. The predicted octanol–water partition coefficient (Wildman–Crippen LogP) is 5.60. The first-order valence-corrected chi connectivity index (χ1v) is 18.5. The van der Waals surface area contributed by atoms with Gasteiger partial charge >= 0.3 is 6.09 Å². The van der Waals surface area contributed by atoms with Crippen LogP contribution in [0.1, 0.15) is 86.9 Å². The Hall–Kier alpha value is -4.13. The van der Waals surface area contributed by atoms with E-state index in [1.165, 1.54) is 4.90 Å². The van der Waals surface area contributed by atoms with Crippen LogP contribution in [-0.4, -0.2) is 72.7 Å². The van der Waals surface area contributed by atoms with Gasteiger partial charge in [0.15, 0.2) is 0 Å². The van der Waals surface area contributed by atoms with E-state index in [-0.39, 0.29) is 37.0 Å². The predicted molar refractivity (Wildman–Crippen MR) is 190 cm³/mol. The Bertz CT molecular complexity index is 1650. The van der Waals surface area contributed by atoms with Crippen molar-refractivity contribution < 1.29 is 37.7 Å². The molecule has 0 unspecified atom stereocenters. The molecule has 0 aliphatic heterocycles. The summed E-state index contributed by atoms with van der Waals surface area (Å²) in [7, 11) is -3.92. The maximum absolute atomic E-state index is 13.1. The zero-order valence-corrected chi connectivity index (χ0v) is 29.4. The molecule has 266 valence electrons. The molecule has 0 heterocycles. The Labute approximate surface area is 289 Å². The number of rotatable bonds is 14. The SMILES string of the molecule is CC(C)(C)OC(=O)N(CCc1ccc(-c2ccc(C(=O)NS(=O)(=O)CCCO)c(OC3CCCCC3)c2)cc1)C[C@H](O)c1ccc(N)cc1. The van der Waals surface area contributed by atoms with Crippen LogP contribution >= 0.6 is 0 Å². The van der Waals surface area contributed by atoms with Gasteiger partial charge in [0.1, 0.15) is 11.4 Å². The van der Waals surface area contributed by atoms with E-state index in [0.717, 1.165) is 48.8 Å². The highest BCUT2D eigenvalue weighted by Gasteiger charge is 2.26. The monoisotopic (exact) mass is 695 g/mol. The van der Waals surface area contributed by atoms with E-state index in [2.05, 4.69) is 4.72 Å². The van der Waals surface area contributed by atoms with Crippen LogP contribution in [0, 0.1) is 0 Å². The van der Waals surface area contributed by atoms with Gasteiger partial charge in [0.2, 0.25) is 10.0 Å². The summed E-state index contributed by atoms with van der Waals surface area (Å²) in [6.07, 6.45) is 3.89. The number of nitrogen functional groups attached to an aromatic ring is 1. The van der Waals surface area contributed by atoms with Gasteiger partial charge in [-0.25, -0.2) is 17.9 Å². The van der Waals surface area contributed by atoms with E-state index in [1.54, 1.807) is 63.2 Å². The molecule has 1 aliphatic carbocycles. The summed E-state index contributed by atoms with van der Waals surface area (Å²) in [6.45, 7) is 5.44. The normalized spacial score (nSPS) is 14.6. The smallest absolute Gasteiger partial charge is 0.410 e. The Kier molecular flexibility index (Phi) is 13.1. The van der Waals surface area contributed by atoms with Crippen molar-refractivity contribution in [2.45, 2.75) is 83.5 Å². The highest BCUT2D eigenvalue weighted by atomic mass is 32.2. The highest BCUT2D eigenvalue weighted by Crippen LogP contribution is 2.31. The number of anilines is 1. The first-order valence-electron chi connectivity index (χ1n) is 16.8. The van der Waals surface area contributed by atoms with Gasteiger partial charge in [-0.3, -0.25) is 4.79 Å². The van der Waals surface area contributed by atoms with Gasteiger partial charge in [-0.15, -0.1) is 0 Å². The maximum Gasteiger partial charge on any atom is 0.410 e. The maximum atomic E-state index is 13.1. The summed E-state index contributed by atoms with van der Waals surface area (Å²) in [6, 6.07) is 19.8. The average Bonchev–Trinajstić information content (AvgIpc) is 3.05. The van der Waals surface area contributed by atoms with Gasteiger partial charge in [0, 0.05) is 18.8 Å². The lowest BCUT2D eigenvalue weighted by molar-refractivity contribution is 0.0147. The summed E-state index contributed by atoms with van der Waals surface area (Å²) in [5.41, 5.74) is 9.05. The molecule has 12 heteroatoms. The number of sulfonamides is 1. The van der Waals surface area contributed by atoms with Gasteiger partial charge in [-0.05, 0) is 106 Å². The summed E-state index contributed by atoms with van der Waals surface area (Å²) in [5, 5.41) is 19.9. The topological polar surface area (TPSA) is 168 Å². The molecule has 5 N–H and O–H groups in total. The Balaban J connectivity index is 1.50. The van der Waals surface area contributed by atoms with Crippen LogP contribution in [0.3, 0.4) is 0 Å². The van der Waals surface area contributed by atoms with Crippen molar-refractivity contribution in [3.63, 3.8) is 0 Å². The van der Waals surface area contributed by atoms with Crippen LogP contribution in [0.5, 0.6) is 5.75 Å². The van der Waals surface area contributed by atoms with Crippen LogP contribution in [0.4, 0.5) is 10.5 Å². The third-order valence-corrected chi connectivity index (χ3v) is 9.54. The summed E-state index contributed by atoms with van der Waals surface area (Å²) in [4.78, 5) is 27.7. The number of aliphatic hydroxyl groups is 2. The molecule has 0 radical (unpaired) electrons. The molecule has 49 heavy (non-hydrogen) atoms. The Morgan fingerprint density at radius 2 is 1.63 bits per heavy atom. The number of aliphatic hydroxyl groups excluding tert-OH is 2. The van der Waals surface area contributed by atoms with Crippen LogP contribution in [0.2, 0.25) is 0 Å². The van der Waals surface area contributed by atoms with E-state index < -0.39 is 33.7 Å². The van der Waals surface area contributed by atoms with Crippen molar-refractivity contribution in [1.29, 1.82) is 0 Å². The standard InChI is InChI=1S/C37H49N3O8S/c1-37(2,3)48-36(44)40(25-33(42)28-14-17-30(38)18-15-28)21-20-26-10-12-27(13-11-26)29-16-19-32(35(43)39-49(45,46)23-7-22-41)34(24-29)47-31-8-5-4-6-9-31/h10-19,24,31,33,41-42H,4-9,20-23,25,38H2,1-3H3,(H,39,43)/t33-/m0/s1. The number of carbonyl (C=O) groups excluding carboxylic acids is 2. The molecule has 11 nitrogen and oxygen atoms in total. The summed E-state index contributed by atoms with van der Waals surface area (Å²) in [5.74, 6) is -0.824. The molecule has 1 fully saturated rings. The van der Waals surface area contributed by atoms with E-state index in [4.69, 9.17) is 20.3 Å². The fourth-order valence-corrected chi connectivity index (χ4v) is 6.60. The second-order valence-corrected chi connectivity index (χ2v) is 15.3. The second kappa shape index (κ2) is 17.0. The van der Waals surface area contributed by atoms with E-state index >= 15 is 0 Å². The summed E-state index contributed by atoms with van der Waals surface area (Å²) >= 11 is 0. The fraction of sp³-hybridized carbons (Fsp3) is 0.459. The first kappa shape index (κ1) is 37.7. The van der Waals surface area contributed by atoms with Crippen molar-refractivity contribution in [1.82, 2.24) is 9.62 Å². The van der Waals surface area contributed by atoms with Crippen molar-refractivity contribution in [3.05, 3.63) is 83.4 Å². The molecule has 3 aromatic rings. The largest absolute Gasteiger partial charge is 0.490 e. The number of ether oxygens (including phenoxy) is 2. The lowest BCUT2D eigenvalue weighted by Gasteiger charge is -2.29. The number of benzene rings is 3. The molecule has 1 atom stereocenters. The second-order valence-electron chi connectivity index (χ2n) is 13.5. The average molecular weight is 696 g/mol. The number of nitrogens with one attached hydrogen (secondary N) is 1. The number of nitrogens with two attached hydrogens (primary N) is 1. The zero-order valence-electron chi connectivity index (χ0n) is 28.6. The van der Waals surface area contributed by atoms with Gasteiger partial charge in [-0.1, -0.05) is 48.9 Å². The fourth-order valence-electron chi connectivity index (χ4n) is 5.60. The molecule has 1 saturated carbocycles. The Morgan fingerprint density at radius 1 is 0.980 bits per heavy atom. The van der Waals surface area contributed by atoms with E-state index in [1.807, 2.05) is 24.3 Å². The van der Waals surface area contributed by atoms with Crippen LogP contribution in [-0.2, 0) is 21.2 Å². The van der Waals surface area contributed by atoms with Crippen molar-refractivity contribution >= 4 is 27.7 Å². The number of nitrogens with zero attached hydrogens (tertiary/aromatic N) is 1. The molecule has 0 aromatic heterocycles. The van der Waals surface area contributed by atoms with Crippen molar-refractivity contribution in [2.75, 3.05) is 31.2 Å². The highest BCUT2D eigenvalue weighted by molar-refractivity contribution is 7.90. The third kappa shape index (κ3) is 11.8. The van der Waals surface area contributed by atoms with Crippen LogP contribution < -0.4 is 15.2 Å². The lowest BCUT2D eigenvalue weighted by atomic mass is 9.97. The molecular formula is C37H49N3O8S. The lowest BCUT2D eigenvalue weighted by Crippen LogP contribution is -2.40. The molecule has 3 aromatic carbocycles. The zero-order chi connectivity index (χ0) is 35.6. The summed E-state index contributed by atoms with van der Waals surface area (Å²) < 4.78 is 38.8. The molecular weight excluding hydrogens is 646 g/mol. The molecule has 2 amide bonds. The molecule has 1 aliphatic rings. The number of hydrogen-bond donors (Lipinski definition) is 4. The number of hydrogen-bond acceptors (Lipinski definition) is 9. The van der Waals surface area contributed by atoms with Gasteiger partial charge in [-0.2, -0.15) is 0 Å². The van der Waals surface area contributed by atoms with E-state index in [0.29, 0.717) is 30.0 Å². The van der Waals surface area contributed by atoms with E-state index in [9.17, 15) is 23.1 Å². The van der Waals surface area contributed by atoms with Crippen LogP contribution in [0.25, 0.3) is 11.1 Å². The van der Waals surface area contributed by atoms with Crippen molar-refractivity contribution in [2.24, 2.45) is 0 Å². The van der Waals surface area contributed by atoms with Crippen molar-refractivity contribution in [3.8, 4) is 16.9 Å². The molecule has 4 rings (SSSR count). The minimum absolute atomic E-state index is 0.0214. The third-order valence-electron chi connectivity index (χ3n) is 8.22. The van der Waals surface area contributed by atoms with Crippen LogP contribution in [0.15, 0.2) is 66.7 Å². The minimum Gasteiger partial charge on any atom is -0.490 e. The first-order chi connectivity index (χ1) is 23.2. The number of carbonyl (C=O) groups is 2. The molecule has 0 saturated heterocycles. The number of amides is 2. The molecule has 0 spiro atoms. The van der Waals surface area contributed by atoms with Gasteiger partial charge in [0.05, 0.1) is 30.1 Å². The quantitative estimate of drug-likeness (QED) is 0.157. The Morgan fingerprint density at radius 3 is 2.27 bits per heavy atom.